The predicted molar refractivity (Wildman–Crippen MR) is 85.3 cm³/mol. The summed E-state index contributed by atoms with van der Waals surface area (Å²) in [5, 5.41) is 7.91. The van der Waals surface area contributed by atoms with E-state index in [9.17, 15) is 4.79 Å². The van der Waals surface area contributed by atoms with E-state index in [1.54, 1.807) is 0 Å². The van der Waals surface area contributed by atoms with E-state index in [0.717, 1.165) is 48.2 Å². The summed E-state index contributed by atoms with van der Waals surface area (Å²) < 4.78 is 5.37. The number of nitrogens with one attached hydrogen (secondary N) is 1. The molecule has 0 aromatic carbocycles. The van der Waals surface area contributed by atoms with E-state index in [1.807, 2.05) is 31.7 Å². The number of anilines is 1. The minimum absolute atomic E-state index is 0.0159. The van der Waals surface area contributed by atoms with Gasteiger partial charge in [0.1, 0.15) is 4.88 Å². The van der Waals surface area contributed by atoms with Gasteiger partial charge in [0.2, 0.25) is 0 Å². The zero-order valence-electron chi connectivity index (χ0n) is 13.0. The molecule has 1 amide bonds. The molecule has 1 unspecified atom stereocenters. The molecular formula is C15H20N4O2S. The third-order valence-corrected chi connectivity index (χ3v) is 4.91. The molecule has 6 nitrogen and oxygen atoms in total. The number of hydrogen-bond donors (Lipinski definition) is 1. The number of aromatic nitrogens is 2. The summed E-state index contributed by atoms with van der Waals surface area (Å²) in [6.07, 6.45) is 1.90. The summed E-state index contributed by atoms with van der Waals surface area (Å²) in [5.41, 5.74) is 1.63. The number of thiazole rings is 1. The van der Waals surface area contributed by atoms with Crippen LogP contribution in [0.15, 0.2) is 10.6 Å². The lowest BCUT2D eigenvalue weighted by molar-refractivity contribution is 0.0718. The Balaban J connectivity index is 1.84. The average Bonchev–Trinajstić information content (AvgIpc) is 3.18. The van der Waals surface area contributed by atoms with Crippen molar-refractivity contribution in [1.82, 2.24) is 15.0 Å². The highest BCUT2D eigenvalue weighted by Crippen LogP contribution is 2.35. The average molecular weight is 320 g/mol. The van der Waals surface area contributed by atoms with Gasteiger partial charge in [-0.3, -0.25) is 4.79 Å². The van der Waals surface area contributed by atoms with Gasteiger partial charge >= 0.3 is 0 Å². The van der Waals surface area contributed by atoms with Crippen molar-refractivity contribution >= 4 is 22.4 Å². The van der Waals surface area contributed by atoms with E-state index in [-0.39, 0.29) is 11.9 Å². The molecule has 1 aliphatic rings. The van der Waals surface area contributed by atoms with E-state index >= 15 is 0 Å². The lowest BCUT2D eigenvalue weighted by Gasteiger charge is -2.22. The fourth-order valence-electron chi connectivity index (χ4n) is 2.80. The van der Waals surface area contributed by atoms with Crippen molar-refractivity contribution in [1.29, 1.82) is 0 Å². The first-order valence-electron chi connectivity index (χ1n) is 7.55. The summed E-state index contributed by atoms with van der Waals surface area (Å²) in [6.45, 7) is 7.33. The van der Waals surface area contributed by atoms with Gasteiger partial charge in [0.25, 0.3) is 5.91 Å². The zero-order valence-corrected chi connectivity index (χ0v) is 13.9. The van der Waals surface area contributed by atoms with Crippen molar-refractivity contribution in [2.75, 3.05) is 18.4 Å². The Bertz CT molecular complexity index is 679. The van der Waals surface area contributed by atoms with Crippen LogP contribution in [0, 0.1) is 13.8 Å². The highest BCUT2D eigenvalue weighted by atomic mass is 32.1. The number of rotatable bonds is 4. The molecular weight excluding hydrogens is 300 g/mol. The number of amides is 1. The molecule has 0 saturated carbocycles. The van der Waals surface area contributed by atoms with Gasteiger partial charge in [0, 0.05) is 19.2 Å². The predicted octanol–water partition coefficient (Wildman–Crippen LogP) is 3.16. The van der Waals surface area contributed by atoms with Crippen molar-refractivity contribution in [2.24, 2.45) is 0 Å². The molecule has 3 heterocycles. The maximum atomic E-state index is 12.9. The van der Waals surface area contributed by atoms with E-state index in [2.05, 4.69) is 15.5 Å². The summed E-state index contributed by atoms with van der Waals surface area (Å²) in [7, 11) is 0. The standard InChI is InChI=1S/C15H20N4O2S/c1-4-16-15-17-10(3)13(22-15)14(20)19-7-5-6-11(19)12-8-9(2)18-21-12/h8,11H,4-7H2,1-3H3,(H,16,17). The van der Waals surface area contributed by atoms with E-state index in [0.29, 0.717) is 4.88 Å². The van der Waals surface area contributed by atoms with Crippen LogP contribution in [0.2, 0.25) is 0 Å². The number of carbonyl (C=O) groups is 1. The van der Waals surface area contributed by atoms with Crippen LogP contribution in [0.3, 0.4) is 0 Å². The highest BCUT2D eigenvalue weighted by molar-refractivity contribution is 7.17. The molecule has 1 aliphatic heterocycles. The normalized spacial score (nSPS) is 18.0. The van der Waals surface area contributed by atoms with Gasteiger partial charge in [-0.2, -0.15) is 0 Å². The number of aryl methyl sites for hydroxylation is 2. The molecule has 3 rings (SSSR count). The quantitative estimate of drug-likeness (QED) is 0.937. The monoisotopic (exact) mass is 320 g/mol. The highest BCUT2D eigenvalue weighted by Gasteiger charge is 2.34. The summed E-state index contributed by atoms with van der Waals surface area (Å²) in [4.78, 5) is 19.9. The van der Waals surface area contributed by atoms with E-state index in [4.69, 9.17) is 4.52 Å². The van der Waals surface area contributed by atoms with Gasteiger partial charge in [-0.1, -0.05) is 16.5 Å². The molecule has 7 heteroatoms. The van der Waals surface area contributed by atoms with Crippen LogP contribution in [0.1, 0.15) is 52.6 Å². The Morgan fingerprint density at radius 1 is 1.55 bits per heavy atom. The molecule has 0 bridgehead atoms. The Kier molecular flexibility index (Phi) is 4.15. The second-order valence-corrected chi connectivity index (χ2v) is 6.49. The molecule has 0 spiro atoms. The van der Waals surface area contributed by atoms with Crippen molar-refractivity contribution in [2.45, 2.75) is 39.7 Å². The molecule has 1 fully saturated rings. The Hall–Kier alpha value is -1.89. The third-order valence-electron chi connectivity index (χ3n) is 3.81. The fourth-order valence-corrected chi connectivity index (χ4v) is 3.79. The summed E-state index contributed by atoms with van der Waals surface area (Å²) >= 11 is 1.42. The second kappa shape index (κ2) is 6.08. The Morgan fingerprint density at radius 2 is 2.36 bits per heavy atom. The molecule has 1 atom stereocenters. The number of nitrogens with zero attached hydrogens (tertiary/aromatic N) is 3. The van der Waals surface area contributed by atoms with Crippen LogP contribution < -0.4 is 5.32 Å². The Morgan fingerprint density at radius 3 is 3.05 bits per heavy atom. The van der Waals surface area contributed by atoms with Crippen molar-refractivity contribution < 1.29 is 9.32 Å². The van der Waals surface area contributed by atoms with Crippen LogP contribution in [0.4, 0.5) is 5.13 Å². The zero-order chi connectivity index (χ0) is 15.7. The summed E-state index contributed by atoms with van der Waals surface area (Å²) in [6, 6.07) is 1.90. The first-order valence-corrected chi connectivity index (χ1v) is 8.37. The summed E-state index contributed by atoms with van der Waals surface area (Å²) in [5.74, 6) is 0.813. The fraction of sp³-hybridized carbons (Fsp3) is 0.533. The number of carbonyl (C=O) groups excluding carboxylic acids is 1. The maximum absolute atomic E-state index is 12.9. The molecule has 1 N–H and O–H groups in total. The van der Waals surface area contributed by atoms with Gasteiger partial charge in [0.15, 0.2) is 10.9 Å². The smallest absolute Gasteiger partial charge is 0.266 e. The van der Waals surface area contributed by atoms with Gasteiger partial charge in [-0.15, -0.1) is 0 Å². The van der Waals surface area contributed by atoms with Crippen molar-refractivity contribution in [3.63, 3.8) is 0 Å². The van der Waals surface area contributed by atoms with E-state index < -0.39 is 0 Å². The molecule has 0 radical (unpaired) electrons. The van der Waals surface area contributed by atoms with Crippen LogP contribution >= 0.6 is 11.3 Å². The Labute approximate surface area is 133 Å². The third kappa shape index (κ3) is 2.72. The topological polar surface area (TPSA) is 71.3 Å². The van der Waals surface area contributed by atoms with Gasteiger partial charge in [0.05, 0.1) is 17.4 Å². The largest absolute Gasteiger partial charge is 0.362 e. The molecule has 2 aromatic rings. The minimum atomic E-state index is -0.0159. The van der Waals surface area contributed by atoms with Gasteiger partial charge in [-0.25, -0.2) is 4.98 Å². The lowest BCUT2D eigenvalue weighted by Crippen LogP contribution is -2.30. The number of hydrogen-bond acceptors (Lipinski definition) is 6. The van der Waals surface area contributed by atoms with Crippen molar-refractivity contribution in [3.8, 4) is 0 Å². The maximum Gasteiger partial charge on any atom is 0.266 e. The molecule has 118 valence electrons. The van der Waals surface area contributed by atoms with Crippen LogP contribution in [-0.4, -0.2) is 34.0 Å². The van der Waals surface area contributed by atoms with Crippen LogP contribution in [0.25, 0.3) is 0 Å². The van der Waals surface area contributed by atoms with Gasteiger partial charge in [-0.05, 0) is 33.6 Å². The molecule has 1 saturated heterocycles. The van der Waals surface area contributed by atoms with Crippen LogP contribution in [0.5, 0.6) is 0 Å². The first-order chi connectivity index (χ1) is 10.6. The first kappa shape index (κ1) is 15.0. The SMILES string of the molecule is CCNc1nc(C)c(C(=O)N2CCCC2c2cc(C)no2)s1. The molecule has 2 aromatic heterocycles. The second-order valence-electron chi connectivity index (χ2n) is 5.49. The molecule has 22 heavy (non-hydrogen) atoms. The van der Waals surface area contributed by atoms with Crippen LogP contribution in [-0.2, 0) is 0 Å². The minimum Gasteiger partial charge on any atom is -0.362 e. The number of likely N-dealkylation sites (tertiary alicyclic amines) is 1. The van der Waals surface area contributed by atoms with E-state index in [1.165, 1.54) is 11.3 Å². The van der Waals surface area contributed by atoms with Gasteiger partial charge < -0.3 is 14.7 Å². The lowest BCUT2D eigenvalue weighted by atomic mass is 10.1. The molecule has 0 aliphatic carbocycles. The van der Waals surface area contributed by atoms with Crippen molar-refractivity contribution in [3.05, 3.63) is 28.1 Å².